The Labute approximate surface area is 133 Å². The molecule has 2 rings (SSSR count). The molecule has 0 aliphatic rings. The molecule has 0 saturated heterocycles. The summed E-state index contributed by atoms with van der Waals surface area (Å²) in [6.07, 6.45) is 2.72. The second-order valence-electron chi connectivity index (χ2n) is 4.74. The molecule has 0 bridgehead atoms. The van der Waals surface area contributed by atoms with Crippen LogP contribution in [-0.2, 0) is 25.5 Å². The summed E-state index contributed by atoms with van der Waals surface area (Å²) >= 11 is 0. The lowest BCUT2D eigenvalue weighted by Gasteiger charge is -2.08. The van der Waals surface area contributed by atoms with E-state index in [1.54, 1.807) is 18.2 Å². The summed E-state index contributed by atoms with van der Waals surface area (Å²) in [5.74, 6) is -0.675. The van der Waals surface area contributed by atoms with Crippen LogP contribution in [-0.4, -0.2) is 31.1 Å². The van der Waals surface area contributed by atoms with Crippen molar-refractivity contribution >= 4 is 28.7 Å². The van der Waals surface area contributed by atoms with Gasteiger partial charge in [-0.05, 0) is 24.6 Å². The van der Waals surface area contributed by atoms with Gasteiger partial charge in [0, 0.05) is 12.1 Å². The molecular formula is C16H18N2O5. The van der Waals surface area contributed by atoms with E-state index in [2.05, 4.69) is 19.8 Å². The number of aromatic nitrogens is 1. The highest BCUT2D eigenvalue weighted by atomic mass is 16.5. The standard InChI is InChI=1S/C16H18N2O5/c1-4-5-14-18-11-8-10(6-7-13(11)23-14)17-12(16(20)22-3)9-15(19)21-2/h6-9,17H,4-5H2,1-3H3/b12-9+. The van der Waals surface area contributed by atoms with Gasteiger partial charge in [0.05, 0.1) is 20.3 Å². The summed E-state index contributed by atoms with van der Waals surface area (Å²) in [5.41, 5.74) is 1.88. The first-order chi connectivity index (χ1) is 11.1. The van der Waals surface area contributed by atoms with Gasteiger partial charge in [-0.3, -0.25) is 0 Å². The van der Waals surface area contributed by atoms with E-state index in [4.69, 9.17) is 4.42 Å². The maximum Gasteiger partial charge on any atom is 0.354 e. The Hall–Kier alpha value is -2.83. The molecule has 23 heavy (non-hydrogen) atoms. The van der Waals surface area contributed by atoms with Crippen molar-refractivity contribution in [3.63, 3.8) is 0 Å². The summed E-state index contributed by atoms with van der Waals surface area (Å²) in [6, 6.07) is 5.19. The minimum atomic E-state index is -0.678. The average Bonchev–Trinajstić information content (AvgIpc) is 2.95. The molecule has 1 N–H and O–H groups in total. The predicted molar refractivity (Wildman–Crippen MR) is 83.7 cm³/mol. The number of ether oxygens (including phenoxy) is 2. The lowest BCUT2D eigenvalue weighted by atomic mass is 10.2. The van der Waals surface area contributed by atoms with Gasteiger partial charge in [-0.25, -0.2) is 14.6 Å². The number of hydrogen-bond donors (Lipinski definition) is 1. The van der Waals surface area contributed by atoms with Crippen molar-refractivity contribution < 1.29 is 23.5 Å². The van der Waals surface area contributed by atoms with Gasteiger partial charge in [-0.2, -0.15) is 0 Å². The molecule has 0 fully saturated rings. The van der Waals surface area contributed by atoms with Crippen LogP contribution in [0.5, 0.6) is 0 Å². The quantitative estimate of drug-likeness (QED) is 0.646. The molecule has 1 heterocycles. The lowest BCUT2D eigenvalue weighted by Crippen LogP contribution is -2.15. The zero-order chi connectivity index (χ0) is 16.8. The van der Waals surface area contributed by atoms with Crippen LogP contribution in [0.2, 0.25) is 0 Å². The van der Waals surface area contributed by atoms with E-state index in [0.29, 0.717) is 22.7 Å². The molecular weight excluding hydrogens is 300 g/mol. The second kappa shape index (κ2) is 7.44. The molecule has 0 saturated carbocycles. The fourth-order valence-electron chi connectivity index (χ4n) is 1.96. The van der Waals surface area contributed by atoms with Gasteiger partial charge in [-0.1, -0.05) is 6.92 Å². The van der Waals surface area contributed by atoms with Crippen molar-refractivity contribution in [2.24, 2.45) is 0 Å². The Morgan fingerprint density at radius 2 is 2.09 bits per heavy atom. The second-order valence-corrected chi connectivity index (χ2v) is 4.74. The van der Waals surface area contributed by atoms with Gasteiger partial charge in [0.25, 0.3) is 0 Å². The van der Waals surface area contributed by atoms with Crippen molar-refractivity contribution in [1.29, 1.82) is 0 Å². The number of nitrogens with zero attached hydrogens (tertiary/aromatic N) is 1. The number of oxazole rings is 1. The number of hydrogen-bond acceptors (Lipinski definition) is 7. The Kier molecular flexibility index (Phi) is 5.35. The number of methoxy groups -OCH3 is 2. The van der Waals surface area contributed by atoms with Crippen LogP contribution in [0.25, 0.3) is 11.1 Å². The molecule has 1 aromatic carbocycles. The van der Waals surface area contributed by atoms with Gasteiger partial charge in [0.1, 0.15) is 11.2 Å². The van der Waals surface area contributed by atoms with Crippen LogP contribution in [0.4, 0.5) is 5.69 Å². The monoisotopic (exact) mass is 318 g/mol. The molecule has 0 aliphatic heterocycles. The normalized spacial score (nSPS) is 11.3. The first kappa shape index (κ1) is 16.5. The fourth-order valence-corrected chi connectivity index (χ4v) is 1.96. The summed E-state index contributed by atoms with van der Waals surface area (Å²) < 4.78 is 14.8. The third kappa shape index (κ3) is 4.09. The number of carbonyl (C=O) groups excluding carboxylic acids is 2. The minimum absolute atomic E-state index is 0.0315. The number of aryl methyl sites for hydroxylation is 1. The SMILES string of the molecule is CCCc1nc2cc(N/C(=C/C(=O)OC)C(=O)OC)ccc2o1. The molecule has 7 nitrogen and oxygen atoms in total. The van der Waals surface area contributed by atoms with Crippen LogP contribution in [0, 0.1) is 0 Å². The van der Waals surface area contributed by atoms with Gasteiger partial charge >= 0.3 is 11.9 Å². The molecule has 122 valence electrons. The third-order valence-electron chi connectivity index (χ3n) is 3.04. The number of benzene rings is 1. The molecule has 7 heteroatoms. The van der Waals surface area contributed by atoms with Gasteiger partial charge in [0.2, 0.25) is 0 Å². The van der Waals surface area contributed by atoms with E-state index in [1.165, 1.54) is 14.2 Å². The van der Waals surface area contributed by atoms with E-state index in [0.717, 1.165) is 18.9 Å². The number of fused-ring (bicyclic) bond motifs is 1. The summed E-state index contributed by atoms with van der Waals surface area (Å²) in [6.45, 7) is 2.04. The topological polar surface area (TPSA) is 90.7 Å². The van der Waals surface area contributed by atoms with E-state index in [-0.39, 0.29) is 5.70 Å². The molecule has 0 amide bonds. The lowest BCUT2D eigenvalue weighted by molar-refractivity contribution is -0.138. The molecule has 0 aliphatic carbocycles. The Morgan fingerprint density at radius 3 is 2.74 bits per heavy atom. The highest BCUT2D eigenvalue weighted by molar-refractivity contribution is 5.99. The zero-order valence-electron chi connectivity index (χ0n) is 13.2. The Balaban J connectivity index is 2.28. The Bertz CT molecular complexity index is 748. The van der Waals surface area contributed by atoms with Gasteiger partial charge < -0.3 is 19.2 Å². The fraction of sp³-hybridized carbons (Fsp3) is 0.312. The summed E-state index contributed by atoms with van der Waals surface area (Å²) in [5, 5.41) is 2.83. The largest absolute Gasteiger partial charge is 0.466 e. The van der Waals surface area contributed by atoms with Crippen LogP contribution in [0.1, 0.15) is 19.2 Å². The average molecular weight is 318 g/mol. The molecule has 2 aromatic rings. The van der Waals surface area contributed by atoms with Crippen LogP contribution in [0.15, 0.2) is 34.4 Å². The van der Waals surface area contributed by atoms with E-state index >= 15 is 0 Å². The van der Waals surface area contributed by atoms with Gasteiger partial charge in [0.15, 0.2) is 11.5 Å². The van der Waals surface area contributed by atoms with E-state index in [1.807, 2.05) is 6.92 Å². The minimum Gasteiger partial charge on any atom is -0.466 e. The number of esters is 2. The molecule has 0 radical (unpaired) electrons. The maximum absolute atomic E-state index is 11.7. The number of rotatable bonds is 6. The van der Waals surface area contributed by atoms with E-state index < -0.39 is 11.9 Å². The van der Waals surface area contributed by atoms with Crippen molar-refractivity contribution in [3.8, 4) is 0 Å². The number of anilines is 1. The van der Waals surface area contributed by atoms with Crippen molar-refractivity contribution in [3.05, 3.63) is 35.9 Å². The Morgan fingerprint density at radius 1 is 1.30 bits per heavy atom. The smallest absolute Gasteiger partial charge is 0.354 e. The van der Waals surface area contributed by atoms with Crippen molar-refractivity contribution in [2.45, 2.75) is 19.8 Å². The molecule has 1 aromatic heterocycles. The first-order valence-electron chi connectivity index (χ1n) is 7.11. The van der Waals surface area contributed by atoms with Gasteiger partial charge in [-0.15, -0.1) is 0 Å². The highest BCUT2D eigenvalue weighted by Gasteiger charge is 2.14. The summed E-state index contributed by atoms with van der Waals surface area (Å²) in [4.78, 5) is 27.5. The highest BCUT2D eigenvalue weighted by Crippen LogP contribution is 2.22. The first-order valence-corrected chi connectivity index (χ1v) is 7.11. The van der Waals surface area contributed by atoms with Crippen molar-refractivity contribution in [2.75, 3.05) is 19.5 Å². The molecule has 0 spiro atoms. The van der Waals surface area contributed by atoms with Crippen LogP contribution < -0.4 is 5.32 Å². The molecule has 0 unspecified atom stereocenters. The predicted octanol–water partition coefficient (Wildman–Crippen LogP) is 2.42. The third-order valence-corrected chi connectivity index (χ3v) is 3.04. The van der Waals surface area contributed by atoms with Crippen molar-refractivity contribution in [1.82, 2.24) is 4.98 Å². The number of nitrogens with one attached hydrogen (secondary N) is 1. The van der Waals surface area contributed by atoms with E-state index in [9.17, 15) is 9.59 Å². The van der Waals surface area contributed by atoms with Crippen LogP contribution >= 0.6 is 0 Å². The summed E-state index contributed by atoms with van der Waals surface area (Å²) in [7, 11) is 2.46. The molecule has 0 atom stereocenters. The van der Waals surface area contributed by atoms with Crippen LogP contribution in [0.3, 0.4) is 0 Å². The maximum atomic E-state index is 11.7. The number of carbonyl (C=O) groups is 2. The zero-order valence-corrected chi connectivity index (χ0v) is 13.2.